The topological polar surface area (TPSA) is 46.6 Å². The van der Waals surface area contributed by atoms with Crippen LogP contribution in [0.4, 0.5) is 0 Å². The lowest BCUT2D eigenvalue weighted by molar-refractivity contribution is -0.139. The first-order valence-corrected chi connectivity index (χ1v) is 4.70. The fourth-order valence-electron chi connectivity index (χ4n) is 0.778. The first-order valence-electron chi connectivity index (χ1n) is 4.17. The van der Waals surface area contributed by atoms with Crippen molar-refractivity contribution in [1.29, 1.82) is 0 Å². The fraction of sp³-hybridized carbons (Fsp3) is 0.556. The van der Waals surface area contributed by atoms with Gasteiger partial charge in [-0.05, 0) is 6.92 Å². The number of alkyl halides is 1. The Morgan fingerprint density at radius 1 is 1.43 bits per heavy atom. The van der Waals surface area contributed by atoms with Crippen molar-refractivity contribution in [3.8, 4) is 0 Å². The summed E-state index contributed by atoms with van der Waals surface area (Å²) >= 11 is 5.36. The summed E-state index contributed by atoms with van der Waals surface area (Å²) in [6.07, 6.45) is 1.41. The van der Waals surface area contributed by atoms with Gasteiger partial charge in [0.15, 0.2) is 5.78 Å². The van der Waals surface area contributed by atoms with Crippen LogP contribution in [0.2, 0.25) is 0 Å². The van der Waals surface area contributed by atoms with E-state index in [1.54, 1.807) is 25.9 Å². The molecule has 5 heteroatoms. The number of Topliss-reactive ketones (excluding diaryl/α,β-unsaturated/α-hetero) is 1. The van der Waals surface area contributed by atoms with Gasteiger partial charge in [-0.15, -0.1) is 11.6 Å². The molecular formula is C9H14ClNO3. The number of nitrogens with zero attached hydrogens (tertiary/aromatic N) is 1. The maximum absolute atomic E-state index is 11.3. The van der Waals surface area contributed by atoms with Crippen LogP contribution in [0.25, 0.3) is 0 Å². The van der Waals surface area contributed by atoms with E-state index in [1.165, 1.54) is 6.20 Å². The number of ketones is 1. The van der Waals surface area contributed by atoms with Gasteiger partial charge in [0.1, 0.15) is 5.57 Å². The highest BCUT2D eigenvalue weighted by atomic mass is 35.5. The number of esters is 1. The summed E-state index contributed by atoms with van der Waals surface area (Å²) in [4.78, 5) is 24.1. The maximum Gasteiger partial charge on any atom is 0.343 e. The number of ether oxygens (including phenoxy) is 1. The summed E-state index contributed by atoms with van der Waals surface area (Å²) in [5.41, 5.74) is -0.0214. The minimum absolute atomic E-state index is 0.0214. The highest BCUT2D eigenvalue weighted by molar-refractivity contribution is 6.34. The molecule has 0 radical (unpaired) electrons. The Morgan fingerprint density at radius 3 is 2.36 bits per heavy atom. The molecule has 0 aliphatic rings. The predicted octanol–water partition coefficient (Wildman–Crippen LogP) is 0.803. The fourth-order valence-corrected chi connectivity index (χ4v) is 0.922. The zero-order chi connectivity index (χ0) is 11.1. The van der Waals surface area contributed by atoms with E-state index in [0.717, 1.165) is 0 Å². The Hall–Kier alpha value is -1.03. The Morgan fingerprint density at radius 2 is 2.00 bits per heavy atom. The molecule has 0 aromatic heterocycles. The van der Waals surface area contributed by atoms with E-state index in [9.17, 15) is 9.59 Å². The molecule has 0 saturated heterocycles. The van der Waals surface area contributed by atoms with E-state index in [2.05, 4.69) is 0 Å². The average molecular weight is 220 g/mol. The van der Waals surface area contributed by atoms with E-state index in [-0.39, 0.29) is 18.1 Å². The summed E-state index contributed by atoms with van der Waals surface area (Å²) in [5.74, 6) is -1.29. The molecule has 0 fully saturated rings. The molecule has 0 saturated carbocycles. The second-order valence-electron chi connectivity index (χ2n) is 2.78. The molecule has 0 N–H and O–H groups in total. The SMILES string of the molecule is CCOC(=O)/C(=C/N(C)C)C(=O)CCl. The molecule has 4 nitrogen and oxygen atoms in total. The number of hydrogen-bond acceptors (Lipinski definition) is 4. The third-order valence-electron chi connectivity index (χ3n) is 1.30. The van der Waals surface area contributed by atoms with E-state index >= 15 is 0 Å². The molecule has 0 bridgehead atoms. The molecule has 0 unspecified atom stereocenters. The van der Waals surface area contributed by atoms with Gasteiger partial charge in [0.2, 0.25) is 0 Å². The normalized spacial score (nSPS) is 11.0. The third kappa shape index (κ3) is 4.28. The lowest BCUT2D eigenvalue weighted by atomic mass is 10.2. The predicted molar refractivity (Wildman–Crippen MR) is 54.1 cm³/mol. The van der Waals surface area contributed by atoms with Gasteiger partial charge >= 0.3 is 5.97 Å². The van der Waals surface area contributed by atoms with Crippen molar-refractivity contribution >= 4 is 23.4 Å². The molecule has 0 atom stereocenters. The summed E-state index contributed by atoms with van der Waals surface area (Å²) < 4.78 is 4.71. The Bertz CT molecular complexity index is 248. The van der Waals surface area contributed by atoms with E-state index in [1.807, 2.05) is 0 Å². The average Bonchev–Trinajstić information content (AvgIpc) is 2.13. The van der Waals surface area contributed by atoms with Crippen molar-refractivity contribution in [2.75, 3.05) is 26.6 Å². The second-order valence-corrected chi connectivity index (χ2v) is 3.05. The molecule has 14 heavy (non-hydrogen) atoms. The minimum atomic E-state index is -0.633. The van der Waals surface area contributed by atoms with E-state index < -0.39 is 11.8 Å². The van der Waals surface area contributed by atoms with Crippen LogP contribution in [-0.2, 0) is 14.3 Å². The molecule has 0 heterocycles. The van der Waals surface area contributed by atoms with Gasteiger partial charge in [0.05, 0.1) is 12.5 Å². The molecular weight excluding hydrogens is 206 g/mol. The number of carbonyl (C=O) groups is 2. The summed E-state index contributed by atoms with van der Waals surface area (Å²) in [6.45, 7) is 1.91. The maximum atomic E-state index is 11.3. The van der Waals surface area contributed by atoms with Crippen molar-refractivity contribution in [2.45, 2.75) is 6.92 Å². The first-order chi connectivity index (χ1) is 6.52. The number of rotatable bonds is 5. The summed E-state index contributed by atoms with van der Waals surface area (Å²) in [6, 6.07) is 0. The van der Waals surface area contributed by atoms with Gasteiger partial charge in [-0.2, -0.15) is 0 Å². The molecule has 0 spiro atoms. The van der Waals surface area contributed by atoms with E-state index in [4.69, 9.17) is 16.3 Å². The van der Waals surface area contributed by atoms with Crippen LogP contribution in [0.15, 0.2) is 11.8 Å². The van der Waals surface area contributed by atoms with Crippen LogP contribution in [-0.4, -0.2) is 43.2 Å². The van der Waals surface area contributed by atoms with Crippen molar-refractivity contribution in [2.24, 2.45) is 0 Å². The van der Waals surface area contributed by atoms with Gasteiger partial charge in [-0.25, -0.2) is 4.79 Å². The van der Waals surface area contributed by atoms with Gasteiger partial charge in [-0.3, -0.25) is 4.79 Å². The van der Waals surface area contributed by atoms with Crippen LogP contribution in [0.5, 0.6) is 0 Å². The molecule has 80 valence electrons. The summed E-state index contributed by atoms with van der Waals surface area (Å²) in [7, 11) is 3.42. The lowest BCUT2D eigenvalue weighted by Crippen LogP contribution is -2.19. The Labute approximate surface area is 88.5 Å². The third-order valence-corrected chi connectivity index (χ3v) is 1.55. The van der Waals surface area contributed by atoms with Crippen LogP contribution in [0.1, 0.15) is 6.92 Å². The second kappa shape index (κ2) is 6.43. The highest BCUT2D eigenvalue weighted by Crippen LogP contribution is 2.03. The van der Waals surface area contributed by atoms with Crippen molar-refractivity contribution in [3.63, 3.8) is 0 Å². The van der Waals surface area contributed by atoms with Crippen LogP contribution >= 0.6 is 11.6 Å². The Balaban J connectivity index is 4.72. The number of hydrogen-bond donors (Lipinski definition) is 0. The van der Waals surface area contributed by atoms with Gasteiger partial charge in [0, 0.05) is 20.3 Å². The standard InChI is InChI=1S/C9H14ClNO3/c1-4-14-9(13)7(6-11(2)3)8(12)5-10/h6H,4-5H2,1-3H3/b7-6+. The van der Waals surface area contributed by atoms with Gasteiger partial charge in [0.25, 0.3) is 0 Å². The van der Waals surface area contributed by atoms with Crippen LogP contribution < -0.4 is 0 Å². The molecule has 0 aliphatic carbocycles. The zero-order valence-corrected chi connectivity index (χ0v) is 9.30. The van der Waals surface area contributed by atoms with Crippen molar-refractivity contribution in [3.05, 3.63) is 11.8 Å². The number of halogens is 1. The lowest BCUT2D eigenvalue weighted by Gasteiger charge is -2.09. The smallest absolute Gasteiger partial charge is 0.343 e. The molecule has 0 aromatic rings. The Kier molecular flexibility index (Phi) is 5.95. The number of carbonyl (C=O) groups excluding carboxylic acids is 2. The largest absolute Gasteiger partial charge is 0.462 e. The zero-order valence-electron chi connectivity index (χ0n) is 8.54. The summed E-state index contributed by atoms with van der Waals surface area (Å²) in [5, 5.41) is 0. The van der Waals surface area contributed by atoms with Crippen LogP contribution in [0.3, 0.4) is 0 Å². The van der Waals surface area contributed by atoms with Crippen molar-refractivity contribution < 1.29 is 14.3 Å². The van der Waals surface area contributed by atoms with Gasteiger partial charge < -0.3 is 9.64 Å². The molecule has 0 aliphatic heterocycles. The molecule has 0 rings (SSSR count). The van der Waals surface area contributed by atoms with E-state index in [0.29, 0.717) is 0 Å². The minimum Gasteiger partial charge on any atom is -0.462 e. The van der Waals surface area contributed by atoms with Gasteiger partial charge in [-0.1, -0.05) is 0 Å². The molecule has 0 amide bonds. The monoisotopic (exact) mass is 219 g/mol. The highest BCUT2D eigenvalue weighted by Gasteiger charge is 2.18. The van der Waals surface area contributed by atoms with Crippen molar-refractivity contribution in [1.82, 2.24) is 4.90 Å². The molecule has 0 aromatic carbocycles. The van der Waals surface area contributed by atoms with Crippen LogP contribution in [0, 0.1) is 0 Å². The quantitative estimate of drug-likeness (QED) is 0.226. The first kappa shape index (κ1) is 13.0.